The molecule has 0 aliphatic carbocycles. The summed E-state index contributed by atoms with van der Waals surface area (Å²) < 4.78 is 0. The van der Waals surface area contributed by atoms with Gasteiger partial charge in [-0.2, -0.15) is 0 Å². The van der Waals surface area contributed by atoms with Gasteiger partial charge in [0.2, 0.25) is 0 Å². The van der Waals surface area contributed by atoms with E-state index in [9.17, 15) is 0 Å². The number of rotatable bonds is 2. The minimum Gasteiger partial charge on any atom is -0.317 e. The van der Waals surface area contributed by atoms with Crippen molar-refractivity contribution in [2.24, 2.45) is 10.8 Å². The van der Waals surface area contributed by atoms with Crippen molar-refractivity contribution in [3.8, 4) is 0 Å². The number of hydrogen-bond donors (Lipinski definition) is 1. The molecule has 88 valence electrons. The van der Waals surface area contributed by atoms with Gasteiger partial charge in [0.05, 0.1) is 0 Å². The number of nitrogens with one attached hydrogen (secondary N) is 1. The molecular formula is C13H26N2. The summed E-state index contributed by atoms with van der Waals surface area (Å²) in [7, 11) is 0. The van der Waals surface area contributed by atoms with E-state index < -0.39 is 0 Å². The van der Waals surface area contributed by atoms with Gasteiger partial charge in [-0.05, 0) is 49.7 Å². The van der Waals surface area contributed by atoms with Crippen LogP contribution >= 0.6 is 0 Å². The Balaban J connectivity index is 1.86. The molecule has 0 aromatic rings. The average Bonchev–Trinajstić information content (AvgIpc) is 2.45. The van der Waals surface area contributed by atoms with Crippen LogP contribution in [-0.4, -0.2) is 37.6 Å². The number of nitrogens with zero attached hydrogens (tertiary/aromatic N) is 1. The van der Waals surface area contributed by atoms with Crippen molar-refractivity contribution in [2.45, 2.75) is 40.0 Å². The molecule has 2 heteroatoms. The van der Waals surface area contributed by atoms with E-state index in [0.29, 0.717) is 10.8 Å². The standard InChI is InChI=1S/C13H26N2/c1-12(2)6-9-15(10-12)11-13(3)4-7-14-8-5-13/h14H,4-11H2,1-3H3. The smallest absolute Gasteiger partial charge is 0.00365 e. The van der Waals surface area contributed by atoms with Crippen molar-refractivity contribution < 1.29 is 0 Å². The molecule has 2 saturated heterocycles. The maximum Gasteiger partial charge on any atom is 0.00365 e. The summed E-state index contributed by atoms with van der Waals surface area (Å²) in [5, 5.41) is 3.46. The third-order valence-electron chi connectivity index (χ3n) is 4.17. The van der Waals surface area contributed by atoms with Gasteiger partial charge in [0.15, 0.2) is 0 Å². The van der Waals surface area contributed by atoms with Crippen LogP contribution in [0.2, 0.25) is 0 Å². The summed E-state index contributed by atoms with van der Waals surface area (Å²) in [4.78, 5) is 2.69. The van der Waals surface area contributed by atoms with Gasteiger partial charge in [-0.1, -0.05) is 20.8 Å². The molecule has 2 heterocycles. The molecule has 0 radical (unpaired) electrons. The van der Waals surface area contributed by atoms with Gasteiger partial charge in [-0.25, -0.2) is 0 Å². The van der Waals surface area contributed by atoms with E-state index in [-0.39, 0.29) is 0 Å². The van der Waals surface area contributed by atoms with Crippen LogP contribution in [0.1, 0.15) is 40.0 Å². The molecule has 0 unspecified atom stereocenters. The van der Waals surface area contributed by atoms with E-state index in [1.165, 1.54) is 52.0 Å². The summed E-state index contributed by atoms with van der Waals surface area (Å²) in [5.74, 6) is 0. The maximum absolute atomic E-state index is 3.46. The Morgan fingerprint density at radius 3 is 2.27 bits per heavy atom. The van der Waals surface area contributed by atoms with Crippen LogP contribution < -0.4 is 5.32 Å². The molecule has 0 aromatic carbocycles. The quantitative estimate of drug-likeness (QED) is 0.751. The highest BCUT2D eigenvalue weighted by Crippen LogP contribution is 2.34. The number of likely N-dealkylation sites (tertiary alicyclic amines) is 1. The summed E-state index contributed by atoms with van der Waals surface area (Å²) >= 11 is 0. The van der Waals surface area contributed by atoms with Gasteiger partial charge in [-0.15, -0.1) is 0 Å². The van der Waals surface area contributed by atoms with Crippen LogP contribution in [0.25, 0.3) is 0 Å². The largest absolute Gasteiger partial charge is 0.317 e. The van der Waals surface area contributed by atoms with Gasteiger partial charge in [-0.3, -0.25) is 0 Å². The van der Waals surface area contributed by atoms with E-state index in [4.69, 9.17) is 0 Å². The average molecular weight is 210 g/mol. The zero-order valence-corrected chi connectivity index (χ0v) is 10.6. The molecule has 0 aromatic heterocycles. The lowest BCUT2D eigenvalue weighted by molar-refractivity contribution is 0.139. The van der Waals surface area contributed by atoms with E-state index in [1.807, 2.05) is 0 Å². The fourth-order valence-electron chi connectivity index (χ4n) is 3.09. The van der Waals surface area contributed by atoms with Gasteiger partial charge in [0.25, 0.3) is 0 Å². The minimum atomic E-state index is 0.559. The lowest BCUT2D eigenvalue weighted by Gasteiger charge is -2.37. The first-order chi connectivity index (χ1) is 6.99. The molecule has 0 bridgehead atoms. The van der Waals surface area contributed by atoms with E-state index in [2.05, 4.69) is 31.0 Å². The second kappa shape index (κ2) is 4.06. The number of hydrogen-bond acceptors (Lipinski definition) is 2. The summed E-state index contributed by atoms with van der Waals surface area (Å²) in [5.41, 5.74) is 1.13. The highest BCUT2D eigenvalue weighted by Gasteiger charge is 2.34. The molecule has 2 aliphatic rings. The Morgan fingerprint density at radius 2 is 1.73 bits per heavy atom. The second-order valence-corrected chi connectivity index (χ2v) is 6.69. The van der Waals surface area contributed by atoms with Crippen LogP contribution in [0.3, 0.4) is 0 Å². The van der Waals surface area contributed by atoms with E-state index in [1.54, 1.807) is 0 Å². The van der Waals surface area contributed by atoms with Crippen LogP contribution in [0, 0.1) is 10.8 Å². The van der Waals surface area contributed by atoms with Gasteiger partial charge < -0.3 is 10.2 Å². The van der Waals surface area contributed by atoms with Crippen molar-refractivity contribution in [2.75, 3.05) is 32.7 Å². The molecule has 1 N–H and O–H groups in total. The normalized spacial score (nSPS) is 30.6. The van der Waals surface area contributed by atoms with Gasteiger partial charge in [0, 0.05) is 13.1 Å². The Labute approximate surface area is 94.4 Å². The van der Waals surface area contributed by atoms with Gasteiger partial charge in [0.1, 0.15) is 0 Å². The zero-order valence-electron chi connectivity index (χ0n) is 10.6. The minimum absolute atomic E-state index is 0.559. The molecule has 2 nitrogen and oxygen atoms in total. The highest BCUT2D eigenvalue weighted by atomic mass is 15.2. The van der Waals surface area contributed by atoms with Crippen LogP contribution in [0.5, 0.6) is 0 Å². The molecule has 0 amide bonds. The molecule has 2 rings (SSSR count). The lowest BCUT2D eigenvalue weighted by Crippen LogP contribution is -2.42. The van der Waals surface area contributed by atoms with Crippen molar-refractivity contribution in [3.63, 3.8) is 0 Å². The van der Waals surface area contributed by atoms with Crippen LogP contribution in [-0.2, 0) is 0 Å². The molecule has 15 heavy (non-hydrogen) atoms. The maximum atomic E-state index is 3.46. The molecule has 0 atom stereocenters. The Morgan fingerprint density at radius 1 is 1.07 bits per heavy atom. The van der Waals surface area contributed by atoms with Crippen molar-refractivity contribution in [3.05, 3.63) is 0 Å². The fraction of sp³-hybridized carbons (Fsp3) is 1.00. The van der Waals surface area contributed by atoms with Crippen LogP contribution in [0.4, 0.5) is 0 Å². The summed E-state index contributed by atoms with van der Waals surface area (Å²) in [6, 6.07) is 0. The molecule has 0 saturated carbocycles. The zero-order chi connectivity index (χ0) is 10.9. The number of piperidine rings is 1. The third-order valence-corrected chi connectivity index (χ3v) is 4.17. The molecular weight excluding hydrogens is 184 g/mol. The summed E-state index contributed by atoms with van der Waals surface area (Å²) in [6.45, 7) is 13.6. The lowest BCUT2D eigenvalue weighted by atomic mass is 9.80. The van der Waals surface area contributed by atoms with Crippen molar-refractivity contribution >= 4 is 0 Å². The fourth-order valence-corrected chi connectivity index (χ4v) is 3.09. The second-order valence-electron chi connectivity index (χ2n) is 6.69. The highest BCUT2D eigenvalue weighted by molar-refractivity contribution is 4.89. The molecule has 2 fully saturated rings. The van der Waals surface area contributed by atoms with Crippen molar-refractivity contribution in [1.82, 2.24) is 10.2 Å². The van der Waals surface area contributed by atoms with E-state index >= 15 is 0 Å². The first kappa shape index (κ1) is 11.4. The molecule has 0 spiro atoms. The third kappa shape index (κ3) is 2.94. The monoisotopic (exact) mass is 210 g/mol. The SMILES string of the molecule is CC1(C)CCN(CC2(C)CCNCC2)C1. The predicted octanol–water partition coefficient (Wildman–Crippen LogP) is 2.11. The van der Waals surface area contributed by atoms with Crippen molar-refractivity contribution in [1.29, 1.82) is 0 Å². The first-order valence-corrected chi connectivity index (χ1v) is 6.42. The topological polar surface area (TPSA) is 15.3 Å². The molecule has 2 aliphatic heterocycles. The predicted molar refractivity (Wildman–Crippen MR) is 65.0 cm³/mol. The van der Waals surface area contributed by atoms with E-state index in [0.717, 1.165) is 0 Å². The first-order valence-electron chi connectivity index (χ1n) is 6.42. The van der Waals surface area contributed by atoms with Gasteiger partial charge >= 0.3 is 0 Å². The Kier molecular flexibility index (Phi) is 3.09. The Bertz CT molecular complexity index is 217. The summed E-state index contributed by atoms with van der Waals surface area (Å²) in [6.07, 6.45) is 4.08. The van der Waals surface area contributed by atoms with Crippen LogP contribution in [0.15, 0.2) is 0 Å². The Hall–Kier alpha value is -0.0800.